The predicted molar refractivity (Wildman–Crippen MR) is 115 cm³/mol. The highest BCUT2D eigenvalue weighted by Gasteiger charge is 2.22. The number of ether oxygens (including phenoxy) is 2. The molecule has 0 spiro atoms. The van der Waals surface area contributed by atoms with Crippen LogP contribution in [0.15, 0.2) is 41.3 Å². The van der Waals surface area contributed by atoms with Crippen LogP contribution in [-0.2, 0) is 4.79 Å². The van der Waals surface area contributed by atoms with E-state index in [2.05, 4.69) is 11.4 Å². The highest BCUT2D eigenvalue weighted by Crippen LogP contribution is 2.31. The molecule has 1 fully saturated rings. The molecule has 4 nitrogen and oxygen atoms in total. The SMILES string of the molecule is Cc1ccc(OCCOc2ccc(Cl)cc2/C=C2\SC(=S)NC2=O)c(C)c1. The van der Waals surface area contributed by atoms with Gasteiger partial charge in [-0.3, -0.25) is 4.79 Å². The van der Waals surface area contributed by atoms with Crippen molar-refractivity contribution in [3.8, 4) is 11.5 Å². The summed E-state index contributed by atoms with van der Waals surface area (Å²) in [4.78, 5) is 12.4. The van der Waals surface area contributed by atoms with Crippen molar-refractivity contribution in [1.82, 2.24) is 5.32 Å². The van der Waals surface area contributed by atoms with Crippen LogP contribution in [0.3, 0.4) is 0 Å². The fourth-order valence-corrected chi connectivity index (χ4v) is 3.81. The van der Waals surface area contributed by atoms with Crippen LogP contribution in [-0.4, -0.2) is 23.4 Å². The summed E-state index contributed by atoms with van der Waals surface area (Å²) in [6.45, 7) is 4.83. The van der Waals surface area contributed by atoms with Gasteiger partial charge in [0.25, 0.3) is 5.91 Å². The number of nitrogens with one attached hydrogen (secondary N) is 1. The summed E-state index contributed by atoms with van der Waals surface area (Å²) in [6, 6.07) is 11.3. The predicted octanol–water partition coefficient (Wildman–Crippen LogP) is 4.90. The number of hydrogen-bond acceptors (Lipinski definition) is 5. The smallest absolute Gasteiger partial charge is 0.263 e. The number of thiocarbonyl (C=S) groups is 1. The molecule has 1 heterocycles. The van der Waals surface area contributed by atoms with Gasteiger partial charge in [0.1, 0.15) is 29.0 Å². The zero-order valence-corrected chi connectivity index (χ0v) is 17.3. The molecule has 2 aromatic carbocycles. The fourth-order valence-electron chi connectivity index (χ4n) is 2.59. The first-order valence-corrected chi connectivity index (χ1v) is 9.90. The quantitative estimate of drug-likeness (QED) is 0.410. The Hall–Kier alpha value is -2.02. The lowest BCUT2D eigenvalue weighted by molar-refractivity contribution is -0.115. The molecule has 1 aliphatic heterocycles. The molecule has 1 amide bonds. The molecule has 27 heavy (non-hydrogen) atoms. The molecule has 0 unspecified atom stereocenters. The van der Waals surface area contributed by atoms with Crippen molar-refractivity contribution in [3.63, 3.8) is 0 Å². The second-order valence-corrected chi connectivity index (χ2v) is 8.16. The number of rotatable bonds is 6. The molecule has 0 saturated carbocycles. The van der Waals surface area contributed by atoms with Crippen LogP contribution in [0, 0.1) is 13.8 Å². The number of benzene rings is 2. The van der Waals surface area contributed by atoms with Crippen molar-refractivity contribution in [1.29, 1.82) is 0 Å². The largest absolute Gasteiger partial charge is 0.490 e. The Kier molecular flexibility index (Phi) is 6.42. The average molecular weight is 420 g/mol. The first-order chi connectivity index (χ1) is 12.9. The monoisotopic (exact) mass is 419 g/mol. The zero-order valence-electron chi connectivity index (χ0n) is 14.9. The van der Waals surface area contributed by atoms with Crippen LogP contribution in [0.2, 0.25) is 5.02 Å². The Morgan fingerprint density at radius 2 is 1.81 bits per heavy atom. The molecular formula is C20H18ClNO3S2. The molecule has 0 radical (unpaired) electrons. The molecule has 0 aliphatic carbocycles. The van der Waals surface area contributed by atoms with Crippen molar-refractivity contribution >= 4 is 51.9 Å². The number of thioether (sulfide) groups is 1. The minimum atomic E-state index is -0.214. The zero-order chi connectivity index (χ0) is 19.4. The highest BCUT2D eigenvalue weighted by atomic mass is 35.5. The van der Waals surface area contributed by atoms with Crippen LogP contribution in [0.5, 0.6) is 11.5 Å². The number of amides is 1. The Morgan fingerprint density at radius 3 is 2.48 bits per heavy atom. The summed E-state index contributed by atoms with van der Waals surface area (Å²) >= 11 is 12.3. The summed E-state index contributed by atoms with van der Waals surface area (Å²) in [5.41, 5.74) is 3.01. The topological polar surface area (TPSA) is 47.6 Å². The maximum Gasteiger partial charge on any atom is 0.263 e. The summed E-state index contributed by atoms with van der Waals surface area (Å²) in [5.74, 6) is 1.26. The number of carbonyl (C=O) groups is 1. The Balaban J connectivity index is 1.66. The molecule has 1 saturated heterocycles. The number of hydrogen-bond donors (Lipinski definition) is 1. The van der Waals surface area contributed by atoms with Crippen LogP contribution in [0.25, 0.3) is 6.08 Å². The summed E-state index contributed by atoms with van der Waals surface area (Å²) < 4.78 is 12.1. The van der Waals surface area contributed by atoms with Crippen molar-refractivity contribution in [2.24, 2.45) is 0 Å². The molecule has 0 bridgehead atoms. The summed E-state index contributed by atoms with van der Waals surface area (Å²) in [7, 11) is 0. The van der Waals surface area contributed by atoms with Crippen molar-refractivity contribution < 1.29 is 14.3 Å². The Morgan fingerprint density at radius 1 is 1.11 bits per heavy atom. The molecule has 0 atom stereocenters. The van der Waals surface area contributed by atoms with Gasteiger partial charge in [0.2, 0.25) is 0 Å². The van der Waals surface area contributed by atoms with Gasteiger partial charge in [0.15, 0.2) is 0 Å². The van der Waals surface area contributed by atoms with Gasteiger partial charge in [0.05, 0.1) is 4.91 Å². The first kappa shape index (κ1) is 19.7. The van der Waals surface area contributed by atoms with Crippen molar-refractivity contribution in [2.45, 2.75) is 13.8 Å². The summed E-state index contributed by atoms with van der Waals surface area (Å²) in [6.07, 6.45) is 1.73. The number of carbonyl (C=O) groups excluding carboxylic acids is 1. The summed E-state index contributed by atoms with van der Waals surface area (Å²) in [5, 5.41) is 3.16. The van der Waals surface area contributed by atoms with E-state index in [9.17, 15) is 4.79 Å². The van der Waals surface area contributed by atoms with Crippen LogP contribution < -0.4 is 14.8 Å². The van der Waals surface area contributed by atoms with Crippen molar-refractivity contribution in [2.75, 3.05) is 13.2 Å². The third-order valence-electron chi connectivity index (χ3n) is 3.83. The first-order valence-electron chi connectivity index (χ1n) is 8.29. The Bertz CT molecular complexity index is 927. The van der Waals surface area contributed by atoms with Gasteiger partial charge in [-0.05, 0) is 49.8 Å². The van der Waals surface area contributed by atoms with Crippen LogP contribution in [0.4, 0.5) is 0 Å². The van der Waals surface area contributed by atoms with Gasteiger partial charge in [-0.1, -0.05) is 53.3 Å². The molecule has 2 aromatic rings. The molecule has 0 aromatic heterocycles. The van der Waals surface area contributed by atoms with Gasteiger partial charge in [-0.25, -0.2) is 0 Å². The van der Waals surface area contributed by atoms with Crippen molar-refractivity contribution in [3.05, 3.63) is 63.0 Å². The third kappa shape index (κ3) is 5.25. The second-order valence-electron chi connectivity index (χ2n) is 6.00. The Labute approximate surface area is 172 Å². The van der Waals surface area contributed by atoms with Gasteiger partial charge in [-0.2, -0.15) is 0 Å². The van der Waals surface area contributed by atoms with Gasteiger partial charge in [0, 0.05) is 10.6 Å². The van der Waals surface area contributed by atoms with Crippen LogP contribution >= 0.6 is 35.6 Å². The second kappa shape index (κ2) is 8.78. The maximum atomic E-state index is 11.9. The minimum absolute atomic E-state index is 0.214. The molecule has 1 aliphatic rings. The molecule has 3 rings (SSSR count). The van der Waals surface area contributed by atoms with E-state index in [1.165, 1.54) is 17.3 Å². The lowest BCUT2D eigenvalue weighted by Gasteiger charge is -2.12. The van der Waals surface area contributed by atoms with Crippen LogP contribution in [0.1, 0.15) is 16.7 Å². The normalized spacial score (nSPS) is 15.1. The molecule has 140 valence electrons. The standard InChI is InChI=1S/C20H18ClNO3S2/c1-12-3-5-16(13(2)9-12)24-7-8-25-17-6-4-15(21)10-14(17)11-18-19(23)22-20(26)27-18/h3-6,9-11H,7-8H2,1-2H3,(H,22,23,26)/b18-11-. The minimum Gasteiger partial charge on any atom is -0.490 e. The van der Waals surface area contributed by atoms with E-state index < -0.39 is 0 Å². The lowest BCUT2D eigenvalue weighted by atomic mass is 10.1. The van der Waals surface area contributed by atoms with E-state index in [-0.39, 0.29) is 5.91 Å². The maximum absolute atomic E-state index is 11.9. The van der Waals surface area contributed by atoms with E-state index in [1.54, 1.807) is 24.3 Å². The highest BCUT2D eigenvalue weighted by molar-refractivity contribution is 8.26. The van der Waals surface area contributed by atoms with Gasteiger partial charge < -0.3 is 14.8 Å². The van der Waals surface area contributed by atoms with E-state index in [1.807, 2.05) is 26.0 Å². The average Bonchev–Trinajstić information content (AvgIpc) is 2.92. The number of halogens is 1. The molecular weight excluding hydrogens is 402 g/mol. The van der Waals surface area contributed by atoms with Gasteiger partial charge >= 0.3 is 0 Å². The van der Waals surface area contributed by atoms with E-state index in [0.717, 1.165) is 16.9 Å². The number of aryl methyl sites for hydroxylation is 2. The van der Waals surface area contributed by atoms with Gasteiger partial charge in [-0.15, -0.1) is 0 Å². The molecule has 1 N–H and O–H groups in total. The van der Waals surface area contributed by atoms with E-state index in [0.29, 0.717) is 33.2 Å². The lowest BCUT2D eigenvalue weighted by Crippen LogP contribution is -2.17. The third-order valence-corrected chi connectivity index (χ3v) is 5.23. The van der Waals surface area contributed by atoms with E-state index in [4.69, 9.17) is 33.3 Å². The fraction of sp³-hybridized carbons (Fsp3) is 0.200. The van der Waals surface area contributed by atoms with E-state index >= 15 is 0 Å². The molecule has 7 heteroatoms.